The summed E-state index contributed by atoms with van der Waals surface area (Å²) in [6, 6.07) is 11.3. The zero-order chi connectivity index (χ0) is 16.9. The van der Waals surface area contributed by atoms with Gasteiger partial charge in [0.15, 0.2) is 0 Å². The van der Waals surface area contributed by atoms with Crippen LogP contribution in [0.1, 0.15) is 28.1 Å². The van der Waals surface area contributed by atoms with Crippen LogP contribution in [0.5, 0.6) is 0 Å². The fraction of sp³-hybridized carbons (Fsp3) is 0.368. The zero-order valence-electron chi connectivity index (χ0n) is 13.9. The standard InChI is InChI=1S/C19H22N2O3/c1-15-4-2-5-16(14-15)19(23)21-11-9-20(10-12-21)18(22)8-7-17-6-3-13-24-17/h2-6,13-14H,7-12H2,1H3. The Bertz CT molecular complexity index is 701. The van der Waals surface area contributed by atoms with E-state index in [1.165, 1.54) is 0 Å². The lowest BCUT2D eigenvalue weighted by molar-refractivity contribution is -0.132. The number of benzene rings is 1. The van der Waals surface area contributed by atoms with Crippen molar-refractivity contribution < 1.29 is 14.0 Å². The van der Waals surface area contributed by atoms with Gasteiger partial charge < -0.3 is 14.2 Å². The van der Waals surface area contributed by atoms with Crippen LogP contribution in [0.2, 0.25) is 0 Å². The van der Waals surface area contributed by atoms with Crippen LogP contribution in [0.3, 0.4) is 0 Å². The third-order valence-corrected chi connectivity index (χ3v) is 4.35. The predicted molar refractivity (Wildman–Crippen MR) is 90.7 cm³/mol. The lowest BCUT2D eigenvalue weighted by Gasteiger charge is -2.35. The largest absolute Gasteiger partial charge is 0.469 e. The Balaban J connectivity index is 1.50. The van der Waals surface area contributed by atoms with Crippen LogP contribution >= 0.6 is 0 Å². The monoisotopic (exact) mass is 326 g/mol. The molecule has 2 aromatic rings. The smallest absolute Gasteiger partial charge is 0.253 e. The van der Waals surface area contributed by atoms with Crippen molar-refractivity contribution in [2.24, 2.45) is 0 Å². The number of aryl methyl sites for hydroxylation is 2. The fourth-order valence-corrected chi connectivity index (χ4v) is 2.96. The first-order chi connectivity index (χ1) is 11.6. The highest BCUT2D eigenvalue weighted by Gasteiger charge is 2.24. The zero-order valence-corrected chi connectivity index (χ0v) is 13.9. The van der Waals surface area contributed by atoms with Gasteiger partial charge in [0, 0.05) is 44.6 Å². The molecule has 0 unspecified atom stereocenters. The van der Waals surface area contributed by atoms with Crippen LogP contribution in [0.15, 0.2) is 47.1 Å². The van der Waals surface area contributed by atoms with Gasteiger partial charge in [-0.15, -0.1) is 0 Å². The van der Waals surface area contributed by atoms with E-state index in [-0.39, 0.29) is 11.8 Å². The molecule has 1 aromatic heterocycles. The van der Waals surface area contributed by atoms with Crippen molar-refractivity contribution in [3.63, 3.8) is 0 Å². The summed E-state index contributed by atoms with van der Waals surface area (Å²) in [5, 5.41) is 0. The molecule has 1 fully saturated rings. The maximum atomic E-state index is 12.5. The second kappa shape index (κ2) is 7.34. The molecule has 0 N–H and O–H groups in total. The number of furan rings is 1. The van der Waals surface area contributed by atoms with E-state index in [9.17, 15) is 9.59 Å². The van der Waals surface area contributed by atoms with E-state index in [2.05, 4.69) is 0 Å². The lowest BCUT2D eigenvalue weighted by Crippen LogP contribution is -2.50. The van der Waals surface area contributed by atoms with Gasteiger partial charge in [-0.3, -0.25) is 9.59 Å². The average Bonchev–Trinajstić information content (AvgIpc) is 3.13. The molecular weight excluding hydrogens is 304 g/mol. The minimum absolute atomic E-state index is 0.0429. The molecular formula is C19H22N2O3. The molecule has 3 rings (SSSR count). The van der Waals surface area contributed by atoms with Crippen molar-refractivity contribution in [3.8, 4) is 0 Å². The molecule has 0 aliphatic carbocycles. The number of hydrogen-bond donors (Lipinski definition) is 0. The summed E-state index contributed by atoms with van der Waals surface area (Å²) >= 11 is 0. The predicted octanol–water partition coefficient (Wildman–Crippen LogP) is 2.51. The van der Waals surface area contributed by atoms with Crippen molar-refractivity contribution >= 4 is 11.8 Å². The number of carbonyl (C=O) groups excluding carboxylic acids is 2. The van der Waals surface area contributed by atoms with Gasteiger partial charge in [-0.1, -0.05) is 17.7 Å². The first kappa shape index (κ1) is 16.3. The number of nitrogens with zero attached hydrogens (tertiary/aromatic N) is 2. The summed E-state index contributed by atoms with van der Waals surface area (Å²) < 4.78 is 5.25. The minimum atomic E-state index is 0.0429. The van der Waals surface area contributed by atoms with E-state index in [0.717, 1.165) is 11.3 Å². The number of carbonyl (C=O) groups is 2. The summed E-state index contributed by atoms with van der Waals surface area (Å²) in [6.07, 6.45) is 2.68. The molecule has 5 nitrogen and oxygen atoms in total. The molecule has 126 valence electrons. The topological polar surface area (TPSA) is 53.8 Å². The van der Waals surface area contributed by atoms with Crippen molar-refractivity contribution in [1.82, 2.24) is 9.80 Å². The highest BCUT2D eigenvalue weighted by atomic mass is 16.3. The second-order valence-electron chi connectivity index (χ2n) is 6.12. The van der Waals surface area contributed by atoms with Crippen LogP contribution in [0, 0.1) is 6.92 Å². The molecule has 2 amide bonds. The van der Waals surface area contributed by atoms with Crippen LogP contribution in [-0.2, 0) is 11.2 Å². The van der Waals surface area contributed by atoms with E-state index < -0.39 is 0 Å². The average molecular weight is 326 g/mol. The maximum Gasteiger partial charge on any atom is 0.253 e. The van der Waals surface area contributed by atoms with Crippen molar-refractivity contribution in [2.75, 3.05) is 26.2 Å². The minimum Gasteiger partial charge on any atom is -0.469 e. The van der Waals surface area contributed by atoms with Crippen molar-refractivity contribution in [1.29, 1.82) is 0 Å². The van der Waals surface area contributed by atoms with Crippen molar-refractivity contribution in [2.45, 2.75) is 19.8 Å². The van der Waals surface area contributed by atoms with Gasteiger partial charge in [-0.05, 0) is 31.2 Å². The summed E-state index contributed by atoms with van der Waals surface area (Å²) in [4.78, 5) is 28.4. The Morgan fingerprint density at radius 3 is 2.46 bits per heavy atom. The van der Waals surface area contributed by atoms with Crippen LogP contribution in [-0.4, -0.2) is 47.8 Å². The Morgan fingerprint density at radius 1 is 1.04 bits per heavy atom. The van der Waals surface area contributed by atoms with Gasteiger partial charge in [-0.25, -0.2) is 0 Å². The van der Waals surface area contributed by atoms with Crippen molar-refractivity contribution in [3.05, 3.63) is 59.5 Å². The lowest BCUT2D eigenvalue weighted by atomic mass is 10.1. The van der Waals surface area contributed by atoms with E-state index in [1.807, 2.05) is 53.1 Å². The first-order valence-electron chi connectivity index (χ1n) is 8.29. The molecule has 1 aromatic carbocycles. The van der Waals surface area contributed by atoms with Crippen LogP contribution < -0.4 is 0 Å². The quantitative estimate of drug-likeness (QED) is 0.867. The normalized spacial score (nSPS) is 14.7. The highest BCUT2D eigenvalue weighted by molar-refractivity contribution is 5.94. The van der Waals surface area contributed by atoms with E-state index in [0.29, 0.717) is 44.6 Å². The number of rotatable bonds is 4. The molecule has 1 aliphatic heterocycles. The number of amides is 2. The summed E-state index contributed by atoms with van der Waals surface area (Å²) in [7, 11) is 0. The molecule has 2 heterocycles. The third-order valence-electron chi connectivity index (χ3n) is 4.35. The van der Waals surface area contributed by atoms with E-state index in [4.69, 9.17) is 4.42 Å². The van der Waals surface area contributed by atoms with Gasteiger partial charge in [0.25, 0.3) is 5.91 Å². The van der Waals surface area contributed by atoms with Gasteiger partial charge in [0.1, 0.15) is 5.76 Å². The Kier molecular flexibility index (Phi) is 4.99. The second-order valence-corrected chi connectivity index (χ2v) is 6.12. The first-order valence-corrected chi connectivity index (χ1v) is 8.29. The Hall–Kier alpha value is -2.56. The highest BCUT2D eigenvalue weighted by Crippen LogP contribution is 2.12. The van der Waals surface area contributed by atoms with Crippen LogP contribution in [0.4, 0.5) is 0 Å². The van der Waals surface area contributed by atoms with E-state index in [1.54, 1.807) is 6.26 Å². The molecule has 1 aliphatic rings. The van der Waals surface area contributed by atoms with Gasteiger partial charge in [-0.2, -0.15) is 0 Å². The third kappa shape index (κ3) is 3.85. The fourth-order valence-electron chi connectivity index (χ4n) is 2.96. The SMILES string of the molecule is Cc1cccc(C(=O)N2CCN(C(=O)CCc3ccco3)CC2)c1. The maximum absolute atomic E-state index is 12.5. The molecule has 0 spiro atoms. The molecule has 0 radical (unpaired) electrons. The van der Waals surface area contributed by atoms with Gasteiger partial charge >= 0.3 is 0 Å². The molecule has 0 bridgehead atoms. The molecule has 0 saturated carbocycles. The van der Waals surface area contributed by atoms with Gasteiger partial charge in [0.2, 0.25) is 5.91 Å². The van der Waals surface area contributed by atoms with E-state index >= 15 is 0 Å². The number of hydrogen-bond acceptors (Lipinski definition) is 3. The number of piperazine rings is 1. The summed E-state index contributed by atoms with van der Waals surface area (Å²) in [5.41, 5.74) is 1.79. The molecule has 5 heteroatoms. The van der Waals surface area contributed by atoms with Crippen LogP contribution in [0.25, 0.3) is 0 Å². The molecule has 1 saturated heterocycles. The molecule has 0 atom stereocenters. The summed E-state index contributed by atoms with van der Waals surface area (Å²) in [5.74, 6) is 0.993. The Labute approximate surface area is 141 Å². The van der Waals surface area contributed by atoms with Gasteiger partial charge in [0.05, 0.1) is 6.26 Å². The summed E-state index contributed by atoms with van der Waals surface area (Å²) in [6.45, 7) is 4.33. The Morgan fingerprint density at radius 2 is 1.79 bits per heavy atom. The molecule has 24 heavy (non-hydrogen) atoms.